The molecule has 2 atom stereocenters. The number of amides is 2. The van der Waals surface area contributed by atoms with Crippen molar-refractivity contribution < 1.29 is 19.4 Å². The Morgan fingerprint density at radius 3 is 2.49 bits per heavy atom. The van der Waals surface area contributed by atoms with E-state index >= 15 is 0 Å². The summed E-state index contributed by atoms with van der Waals surface area (Å²) in [5, 5.41) is 16.1. The highest BCUT2D eigenvalue weighted by atomic mass is 32.2. The van der Waals surface area contributed by atoms with Crippen molar-refractivity contribution >= 4 is 23.6 Å². The molecule has 0 bridgehead atoms. The summed E-state index contributed by atoms with van der Waals surface area (Å²) in [4.78, 5) is 34.8. The van der Waals surface area contributed by atoms with Gasteiger partial charge in [-0.3, -0.25) is 14.6 Å². The number of morpholine rings is 1. The van der Waals surface area contributed by atoms with Gasteiger partial charge in [0, 0.05) is 37.5 Å². The zero-order chi connectivity index (χ0) is 32.9. The first-order valence-corrected chi connectivity index (χ1v) is 16.8. The van der Waals surface area contributed by atoms with E-state index in [1.165, 1.54) is 0 Å². The van der Waals surface area contributed by atoms with Crippen LogP contribution in [-0.4, -0.2) is 88.2 Å². The number of hydrazine groups is 1. The van der Waals surface area contributed by atoms with Gasteiger partial charge in [0.1, 0.15) is 23.8 Å². The molecule has 3 saturated heterocycles. The normalized spacial score (nSPS) is 19.9. The maximum Gasteiger partial charge on any atom is 0.246 e. The zero-order valence-corrected chi connectivity index (χ0v) is 27.5. The highest BCUT2D eigenvalue weighted by Gasteiger charge is 2.48. The first kappa shape index (κ1) is 32.5. The Kier molecular flexibility index (Phi) is 10.1. The highest BCUT2D eigenvalue weighted by Crippen LogP contribution is 2.34. The van der Waals surface area contributed by atoms with Gasteiger partial charge < -0.3 is 29.9 Å². The molecule has 3 aromatic carbocycles. The number of piperazine rings is 1. The topological polar surface area (TPSA) is 101 Å². The summed E-state index contributed by atoms with van der Waals surface area (Å²) in [6.07, 6.45) is -0.157. The van der Waals surface area contributed by atoms with Crippen molar-refractivity contribution in [1.29, 1.82) is 0 Å². The third-order valence-corrected chi connectivity index (χ3v) is 10.1. The third kappa shape index (κ3) is 7.43. The molecule has 3 N–H and O–H groups in total. The summed E-state index contributed by atoms with van der Waals surface area (Å²) in [7, 11) is 0. The molecule has 0 aliphatic carbocycles. The summed E-state index contributed by atoms with van der Waals surface area (Å²) >= 11 is 1.64. The monoisotopic (exact) mass is 654 g/mol. The lowest BCUT2D eigenvalue weighted by Gasteiger charge is -2.53. The smallest absolute Gasteiger partial charge is 0.246 e. The van der Waals surface area contributed by atoms with E-state index < -0.39 is 12.2 Å². The lowest BCUT2D eigenvalue weighted by molar-refractivity contribution is -0.172. The Hall–Kier alpha value is -4.45. The fourth-order valence-corrected chi connectivity index (χ4v) is 7.30. The quantitative estimate of drug-likeness (QED) is 0.267. The van der Waals surface area contributed by atoms with Crippen LogP contribution < -0.4 is 10.7 Å². The molecule has 10 nitrogen and oxygen atoms in total. The van der Waals surface area contributed by atoms with Crippen molar-refractivity contribution in [3.05, 3.63) is 119 Å². The average Bonchev–Trinajstić information content (AvgIpc) is 3.09. The van der Waals surface area contributed by atoms with Gasteiger partial charge in [0.15, 0.2) is 0 Å². The minimum atomic E-state index is -0.726. The van der Waals surface area contributed by atoms with Crippen molar-refractivity contribution in [3.8, 4) is 5.75 Å². The van der Waals surface area contributed by atoms with Crippen LogP contribution in [0, 0.1) is 6.92 Å². The summed E-state index contributed by atoms with van der Waals surface area (Å²) in [5.41, 5.74) is 7.35. The Morgan fingerprint density at radius 1 is 1.00 bits per heavy atom. The summed E-state index contributed by atoms with van der Waals surface area (Å²) in [6, 6.07) is 22.3. The average molecular weight is 655 g/mol. The van der Waals surface area contributed by atoms with E-state index in [1.54, 1.807) is 40.9 Å². The maximum absolute atomic E-state index is 14.3. The zero-order valence-electron chi connectivity index (χ0n) is 26.7. The number of fused-ring (bicyclic) bond motifs is 1. The molecular weight excluding hydrogens is 613 g/mol. The number of carbonyl (C=O) groups is 2. The number of carbonyl (C=O) groups excluding carboxylic acids is 2. The number of aromatic hydroxyl groups is 1. The van der Waals surface area contributed by atoms with Gasteiger partial charge in [0.2, 0.25) is 11.8 Å². The fourth-order valence-electron chi connectivity index (χ4n) is 6.30. The van der Waals surface area contributed by atoms with Crippen LogP contribution in [0.2, 0.25) is 0 Å². The van der Waals surface area contributed by atoms with Gasteiger partial charge in [-0.15, -0.1) is 0 Å². The van der Waals surface area contributed by atoms with Gasteiger partial charge in [-0.25, -0.2) is 5.43 Å². The molecule has 3 aliphatic rings. The molecule has 0 spiro atoms. The number of phenolic OH excluding ortho intramolecular Hbond substituents is 1. The number of hydrogen-bond donors (Lipinski definition) is 3. The minimum Gasteiger partial charge on any atom is -0.508 e. The van der Waals surface area contributed by atoms with Crippen LogP contribution in [0.4, 0.5) is 0 Å². The predicted octanol–water partition coefficient (Wildman–Crippen LogP) is 3.79. The second kappa shape index (κ2) is 14.5. The Morgan fingerprint density at radius 2 is 1.74 bits per heavy atom. The number of ether oxygens (including phenoxy) is 1. The van der Waals surface area contributed by atoms with Crippen molar-refractivity contribution in [2.45, 2.75) is 43.5 Å². The second-order valence-electron chi connectivity index (χ2n) is 12.0. The summed E-state index contributed by atoms with van der Waals surface area (Å²) < 4.78 is 5.51. The standard InChI is InChI=1S/C36H42N6O4S/c1-25-30(10-7-11-33(25)47-27(3)39-16-18-46-19-17-39)23-40-24-34-41(32(36(40)45)20-28-12-14-31(43)15-13-28)35(44)22-38-42(34)26(2)37-21-29-8-5-4-6-9-29/h4-15,32,34,37-38,43H,2-3,16-24H2,1H3/t32-,34-/m0/s1. The third-order valence-electron chi connectivity index (χ3n) is 8.97. The molecule has 0 unspecified atom stereocenters. The first-order chi connectivity index (χ1) is 22.8. The van der Waals surface area contributed by atoms with E-state index in [0.717, 1.165) is 45.3 Å². The molecule has 6 rings (SSSR count). The van der Waals surface area contributed by atoms with Crippen LogP contribution in [0.25, 0.3) is 0 Å². The Bertz CT molecular complexity index is 1610. The van der Waals surface area contributed by atoms with Crippen LogP contribution in [0.15, 0.2) is 102 Å². The molecule has 2 amide bonds. The van der Waals surface area contributed by atoms with Crippen molar-refractivity contribution in [2.75, 3.05) is 39.4 Å². The molecule has 246 valence electrons. The second-order valence-corrected chi connectivity index (χ2v) is 13.1. The molecule has 3 aromatic rings. The van der Waals surface area contributed by atoms with Gasteiger partial charge in [-0.2, -0.15) is 0 Å². The van der Waals surface area contributed by atoms with Crippen molar-refractivity contribution in [1.82, 2.24) is 30.5 Å². The SMILES string of the molecule is C=C(Sc1cccc(CN2C[C@@H]3N(C(=C)NCc4ccccc4)NCC(=O)N3[C@@H](Cc3ccc(O)cc3)C2=O)c1C)N1CCOCC1. The lowest BCUT2D eigenvalue weighted by atomic mass is 9.98. The van der Waals surface area contributed by atoms with Gasteiger partial charge in [0.25, 0.3) is 0 Å². The largest absolute Gasteiger partial charge is 0.508 e. The van der Waals surface area contributed by atoms with Crippen LogP contribution >= 0.6 is 11.8 Å². The minimum absolute atomic E-state index is 0.0489. The number of thioether (sulfide) groups is 1. The van der Waals surface area contributed by atoms with E-state index in [1.807, 2.05) is 46.3 Å². The number of phenols is 1. The number of nitrogens with one attached hydrogen (secondary N) is 2. The fraction of sp³-hybridized carbons (Fsp3) is 0.333. The van der Waals surface area contributed by atoms with Gasteiger partial charge in [-0.05, 0) is 47.4 Å². The van der Waals surface area contributed by atoms with E-state index in [2.05, 4.69) is 47.9 Å². The molecule has 0 saturated carbocycles. The molecule has 0 aromatic heterocycles. The van der Waals surface area contributed by atoms with E-state index in [0.29, 0.717) is 45.1 Å². The number of rotatable bonds is 11. The molecule has 3 heterocycles. The molecular formula is C36H42N6O4S. The van der Waals surface area contributed by atoms with Gasteiger partial charge in [-0.1, -0.05) is 79.5 Å². The molecule has 0 radical (unpaired) electrons. The number of nitrogens with zero attached hydrogens (tertiary/aromatic N) is 4. The van der Waals surface area contributed by atoms with Crippen LogP contribution in [0.1, 0.15) is 22.3 Å². The highest BCUT2D eigenvalue weighted by molar-refractivity contribution is 8.03. The van der Waals surface area contributed by atoms with E-state index in [9.17, 15) is 14.7 Å². The number of benzene rings is 3. The maximum atomic E-state index is 14.3. The molecule has 3 fully saturated rings. The van der Waals surface area contributed by atoms with Crippen LogP contribution in [-0.2, 0) is 33.8 Å². The summed E-state index contributed by atoms with van der Waals surface area (Å²) in [6.45, 7) is 15.1. The molecule has 11 heteroatoms. The van der Waals surface area contributed by atoms with Crippen molar-refractivity contribution in [2.24, 2.45) is 0 Å². The first-order valence-electron chi connectivity index (χ1n) is 15.9. The molecule has 3 aliphatic heterocycles. The van der Waals surface area contributed by atoms with Crippen LogP contribution in [0.3, 0.4) is 0 Å². The molecule has 47 heavy (non-hydrogen) atoms. The van der Waals surface area contributed by atoms with Crippen LogP contribution in [0.5, 0.6) is 5.75 Å². The Labute approximate surface area is 280 Å². The van der Waals surface area contributed by atoms with Gasteiger partial charge >= 0.3 is 0 Å². The number of hydrogen-bond acceptors (Lipinski definition) is 9. The predicted molar refractivity (Wildman–Crippen MR) is 182 cm³/mol. The Balaban J connectivity index is 1.26. The van der Waals surface area contributed by atoms with Gasteiger partial charge in [0.05, 0.1) is 31.3 Å². The van der Waals surface area contributed by atoms with Crippen molar-refractivity contribution in [3.63, 3.8) is 0 Å². The van der Waals surface area contributed by atoms with E-state index in [4.69, 9.17) is 4.74 Å². The summed E-state index contributed by atoms with van der Waals surface area (Å²) in [5.74, 6) is 0.515. The lowest BCUT2D eigenvalue weighted by Crippen LogP contribution is -2.74. The van der Waals surface area contributed by atoms with E-state index in [-0.39, 0.29) is 24.1 Å².